The minimum atomic E-state index is -0.0270. The van der Waals surface area contributed by atoms with Gasteiger partial charge in [0, 0.05) is 16.7 Å². The first kappa shape index (κ1) is 19.5. The van der Waals surface area contributed by atoms with Crippen LogP contribution in [0.5, 0.6) is 5.75 Å². The van der Waals surface area contributed by atoms with Gasteiger partial charge in [-0.05, 0) is 48.6 Å². The zero-order valence-electron chi connectivity index (χ0n) is 15.6. The highest BCUT2D eigenvalue weighted by atomic mass is 32.2. The minimum absolute atomic E-state index is 0.0270. The van der Waals surface area contributed by atoms with E-state index in [1.807, 2.05) is 42.5 Å². The number of amides is 1. The van der Waals surface area contributed by atoms with Gasteiger partial charge in [0.2, 0.25) is 5.91 Å². The predicted molar refractivity (Wildman–Crippen MR) is 112 cm³/mol. The maximum Gasteiger partial charge on any atom is 0.238 e. The summed E-state index contributed by atoms with van der Waals surface area (Å²) in [5.74, 6) is 2.23. The van der Waals surface area contributed by atoms with Crippen LogP contribution < -0.4 is 15.4 Å². The molecule has 1 saturated carbocycles. The van der Waals surface area contributed by atoms with Crippen molar-refractivity contribution in [2.24, 2.45) is 5.92 Å². The third-order valence-corrected chi connectivity index (χ3v) is 5.64. The molecule has 1 fully saturated rings. The Morgan fingerprint density at radius 1 is 1.26 bits per heavy atom. The number of carbonyl (C=O) groups excluding carboxylic acids is 1. The molecule has 3 rings (SSSR count). The predicted octanol–water partition coefficient (Wildman–Crippen LogP) is 4.65. The smallest absolute Gasteiger partial charge is 0.238 e. The van der Waals surface area contributed by atoms with Crippen LogP contribution >= 0.6 is 11.8 Å². The van der Waals surface area contributed by atoms with Gasteiger partial charge >= 0.3 is 0 Å². The fourth-order valence-electron chi connectivity index (χ4n) is 3.04. The van der Waals surface area contributed by atoms with Gasteiger partial charge in [-0.3, -0.25) is 4.79 Å². The van der Waals surface area contributed by atoms with E-state index in [0.29, 0.717) is 5.92 Å². The number of rotatable bonds is 10. The second-order valence-corrected chi connectivity index (χ2v) is 7.68. The van der Waals surface area contributed by atoms with Crippen molar-refractivity contribution in [3.63, 3.8) is 0 Å². The molecule has 0 aliphatic heterocycles. The monoisotopic (exact) mass is 382 g/mol. The fourth-order valence-corrected chi connectivity index (χ4v) is 3.79. The largest absolute Gasteiger partial charge is 0.497 e. The molecule has 0 spiro atoms. The Kier molecular flexibility index (Phi) is 6.96. The standard InChI is InChI=1S/C22H26N2O2S/c1-3-14-27-20-7-5-4-6-19(20)24-21(25)15-23-22(16-8-9-16)17-10-12-18(26-2)13-11-17/h3-7,10-13,16,22-23H,1,8-9,14-15H2,2H3,(H,24,25). The molecule has 0 aromatic heterocycles. The Hall–Kier alpha value is -2.24. The van der Waals surface area contributed by atoms with Gasteiger partial charge in [0.05, 0.1) is 19.3 Å². The molecule has 1 aliphatic rings. The van der Waals surface area contributed by atoms with Crippen LogP contribution in [0.3, 0.4) is 0 Å². The van der Waals surface area contributed by atoms with E-state index in [2.05, 4.69) is 29.3 Å². The third kappa shape index (κ3) is 5.62. The topological polar surface area (TPSA) is 50.4 Å². The van der Waals surface area contributed by atoms with Crippen LogP contribution in [-0.4, -0.2) is 25.3 Å². The molecule has 4 nitrogen and oxygen atoms in total. The average Bonchev–Trinajstić information content (AvgIpc) is 3.53. The summed E-state index contributed by atoms with van der Waals surface area (Å²) in [7, 11) is 1.67. The molecule has 1 amide bonds. The van der Waals surface area contributed by atoms with E-state index < -0.39 is 0 Å². The summed E-state index contributed by atoms with van der Waals surface area (Å²) >= 11 is 1.66. The van der Waals surface area contributed by atoms with Gasteiger partial charge in [-0.25, -0.2) is 0 Å². The number of hydrogen-bond acceptors (Lipinski definition) is 4. The van der Waals surface area contributed by atoms with Crippen molar-refractivity contribution < 1.29 is 9.53 Å². The molecule has 2 aromatic carbocycles. The first-order valence-corrected chi connectivity index (χ1v) is 10.2. The number of hydrogen-bond donors (Lipinski definition) is 2. The van der Waals surface area contributed by atoms with Crippen LogP contribution in [0.2, 0.25) is 0 Å². The molecule has 27 heavy (non-hydrogen) atoms. The molecule has 0 heterocycles. The fraction of sp³-hybridized carbons (Fsp3) is 0.318. The number of methoxy groups -OCH3 is 1. The van der Waals surface area contributed by atoms with Gasteiger partial charge in [0.15, 0.2) is 0 Å². The van der Waals surface area contributed by atoms with Crippen molar-refractivity contribution >= 4 is 23.4 Å². The van der Waals surface area contributed by atoms with E-state index in [9.17, 15) is 4.79 Å². The van der Waals surface area contributed by atoms with Crippen LogP contribution in [0.1, 0.15) is 24.4 Å². The van der Waals surface area contributed by atoms with E-state index in [4.69, 9.17) is 4.74 Å². The van der Waals surface area contributed by atoms with Gasteiger partial charge in [-0.1, -0.05) is 30.3 Å². The molecule has 2 aromatic rings. The second kappa shape index (κ2) is 9.62. The molecule has 1 aliphatic carbocycles. The summed E-state index contributed by atoms with van der Waals surface area (Å²) in [5, 5.41) is 6.47. The van der Waals surface area contributed by atoms with E-state index >= 15 is 0 Å². The number of thioether (sulfide) groups is 1. The van der Waals surface area contributed by atoms with E-state index in [1.54, 1.807) is 18.9 Å². The van der Waals surface area contributed by atoms with Gasteiger partial charge in [0.1, 0.15) is 5.75 Å². The lowest BCUT2D eigenvalue weighted by Crippen LogP contribution is -2.32. The van der Waals surface area contributed by atoms with Crippen molar-refractivity contribution in [2.75, 3.05) is 24.7 Å². The van der Waals surface area contributed by atoms with E-state index in [-0.39, 0.29) is 18.5 Å². The summed E-state index contributed by atoms with van der Waals surface area (Å²) in [5.41, 5.74) is 2.05. The van der Waals surface area contributed by atoms with E-state index in [1.165, 1.54) is 18.4 Å². The maximum atomic E-state index is 12.5. The summed E-state index contributed by atoms with van der Waals surface area (Å²) in [6.45, 7) is 4.04. The molecule has 0 saturated heterocycles. The zero-order valence-corrected chi connectivity index (χ0v) is 16.4. The van der Waals surface area contributed by atoms with Crippen molar-refractivity contribution in [3.8, 4) is 5.75 Å². The Bertz CT molecular complexity index is 772. The maximum absolute atomic E-state index is 12.5. The van der Waals surface area contributed by atoms with Crippen molar-refractivity contribution in [1.82, 2.24) is 5.32 Å². The number of anilines is 1. The first-order valence-electron chi connectivity index (χ1n) is 9.21. The Morgan fingerprint density at radius 2 is 2.00 bits per heavy atom. The van der Waals surface area contributed by atoms with Crippen molar-refractivity contribution in [3.05, 3.63) is 66.7 Å². The van der Waals surface area contributed by atoms with Crippen LogP contribution in [-0.2, 0) is 4.79 Å². The molecule has 0 radical (unpaired) electrons. The zero-order chi connectivity index (χ0) is 19.1. The van der Waals surface area contributed by atoms with E-state index in [0.717, 1.165) is 22.1 Å². The number of carbonyl (C=O) groups is 1. The molecule has 5 heteroatoms. The molecular weight excluding hydrogens is 356 g/mol. The van der Waals surface area contributed by atoms with Crippen LogP contribution in [0.15, 0.2) is 66.1 Å². The molecule has 2 N–H and O–H groups in total. The lowest BCUT2D eigenvalue weighted by Gasteiger charge is -2.19. The Labute approximate surface area is 165 Å². The SMILES string of the molecule is C=CCSc1ccccc1NC(=O)CNC(c1ccc(OC)cc1)C1CC1. The molecule has 1 atom stereocenters. The number of para-hydroxylation sites is 1. The van der Waals surface area contributed by atoms with Gasteiger partial charge in [0.25, 0.3) is 0 Å². The number of benzene rings is 2. The highest BCUT2D eigenvalue weighted by Gasteiger charge is 2.32. The van der Waals surface area contributed by atoms with Crippen molar-refractivity contribution in [2.45, 2.75) is 23.8 Å². The number of ether oxygens (including phenoxy) is 1. The van der Waals surface area contributed by atoms with Crippen LogP contribution in [0, 0.1) is 5.92 Å². The lowest BCUT2D eigenvalue weighted by molar-refractivity contribution is -0.115. The molecule has 1 unspecified atom stereocenters. The molecule has 0 bridgehead atoms. The lowest BCUT2D eigenvalue weighted by atomic mass is 10.0. The van der Waals surface area contributed by atoms with Crippen LogP contribution in [0.25, 0.3) is 0 Å². The third-order valence-electron chi connectivity index (χ3n) is 4.57. The highest BCUT2D eigenvalue weighted by Crippen LogP contribution is 2.41. The normalized spacial score (nSPS) is 14.4. The molecular formula is C22H26N2O2S. The molecule has 142 valence electrons. The average molecular weight is 383 g/mol. The summed E-state index contributed by atoms with van der Waals surface area (Å²) in [4.78, 5) is 13.5. The summed E-state index contributed by atoms with van der Waals surface area (Å²) in [6, 6.07) is 16.2. The van der Waals surface area contributed by atoms with Gasteiger partial charge in [-0.2, -0.15) is 0 Å². The summed E-state index contributed by atoms with van der Waals surface area (Å²) < 4.78 is 5.24. The Morgan fingerprint density at radius 3 is 2.67 bits per heavy atom. The highest BCUT2D eigenvalue weighted by molar-refractivity contribution is 7.99. The minimum Gasteiger partial charge on any atom is -0.497 e. The number of nitrogens with one attached hydrogen (secondary N) is 2. The van der Waals surface area contributed by atoms with Gasteiger partial charge in [-0.15, -0.1) is 18.3 Å². The van der Waals surface area contributed by atoms with Crippen molar-refractivity contribution in [1.29, 1.82) is 0 Å². The summed E-state index contributed by atoms with van der Waals surface area (Å²) in [6.07, 6.45) is 4.26. The quantitative estimate of drug-likeness (QED) is 0.464. The second-order valence-electron chi connectivity index (χ2n) is 6.61. The van der Waals surface area contributed by atoms with Crippen LogP contribution in [0.4, 0.5) is 5.69 Å². The van der Waals surface area contributed by atoms with Gasteiger partial charge < -0.3 is 15.4 Å². The Balaban J connectivity index is 1.59. The first-order chi connectivity index (χ1) is 13.2.